The topological polar surface area (TPSA) is 66.5 Å². The van der Waals surface area contributed by atoms with Gasteiger partial charge >= 0.3 is 0 Å². The maximum Gasteiger partial charge on any atom is 0.124 e. The highest BCUT2D eigenvalue weighted by molar-refractivity contribution is 7.08. The Morgan fingerprint density at radius 3 is 2.50 bits per heavy atom. The molecule has 2 rings (SSSR count). The molecule has 86 valence electrons. The smallest absolute Gasteiger partial charge is 0.124 e. The molecule has 0 bridgehead atoms. The number of aromatic hydroxyl groups is 2. The van der Waals surface area contributed by atoms with Crippen molar-refractivity contribution in [2.45, 2.75) is 6.04 Å². The number of hydrogen-bond acceptors (Lipinski definition) is 4. The van der Waals surface area contributed by atoms with Crippen molar-refractivity contribution in [2.75, 3.05) is 0 Å². The number of benzene rings is 1. The highest BCUT2D eigenvalue weighted by atomic mass is 35.5. The van der Waals surface area contributed by atoms with Crippen molar-refractivity contribution in [3.05, 3.63) is 46.2 Å². The Hall–Kier alpha value is -1.23. The Bertz CT molecular complexity index is 459. The fraction of sp³-hybridized carbons (Fsp3) is 0.0909. The molecule has 0 radical (unpaired) electrons. The highest BCUT2D eigenvalue weighted by Gasteiger charge is 2.13. The molecule has 0 aliphatic carbocycles. The van der Waals surface area contributed by atoms with Gasteiger partial charge in [-0.2, -0.15) is 11.3 Å². The van der Waals surface area contributed by atoms with Gasteiger partial charge in [-0.1, -0.05) is 0 Å². The van der Waals surface area contributed by atoms with Crippen LogP contribution in [-0.2, 0) is 0 Å². The monoisotopic (exact) mass is 257 g/mol. The highest BCUT2D eigenvalue weighted by Crippen LogP contribution is 2.30. The van der Waals surface area contributed by atoms with Crippen LogP contribution in [0.25, 0.3) is 0 Å². The predicted octanol–water partition coefficient (Wildman–Crippen LogP) is 2.63. The van der Waals surface area contributed by atoms with Gasteiger partial charge in [0.25, 0.3) is 0 Å². The normalized spacial score (nSPS) is 11.8. The average Bonchev–Trinajstić information content (AvgIpc) is 2.69. The first-order valence-corrected chi connectivity index (χ1v) is 5.42. The van der Waals surface area contributed by atoms with E-state index in [1.54, 1.807) is 17.4 Å². The Morgan fingerprint density at radius 1 is 1.19 bits per heavy atom. The van der Waals surface area contributed by atoms with Gasteiger partial charge in [0.2, 0.25) is 0 Å². The van der Waals surface area contributed by atoms with Gasteiger partial charge in [0.05, 0.1) is 6.04 Å². The van der Waals surface area contributed by atoms with Crippen LogP contribution in [0.5, 0.6) is 11.5 Å². The summed E-state index contributed by atoms with van der Waals surface area (Å²) >= 11 is 1.56. The van der Waals surface area contributed by atoms with Crippen LogP contribution in [0.1, 0.15) is 17.2 Å². The van der Waals surface area contributed by atoms with Gasteiger partial charge in [-0.05, 0) is 34.5 Å². The molecule has 0 spiro atoms. The molecule has 1 heterocycles. The third kappa shape index (κ3) is 2.47. The first kappa shape index (κ1) is 12.8. The number of phenols is 2. The van der Waals surface area contributed by atoms with Crippen molar-refractivity contribution >= 4 is 23.7 Å². The molecule has 16 heavy (non-hydrogen) atoms. The number of hydrogen-bond donors (Lipinski definition) is 3. The molecule has 1 aromatic heterocycles. The second-order valence-electron chi connectivity index (χ2n) is 3.28. The molecule has 0 saturated heterocycles. The van der Waals surface area contributed by atoms with Crippen molar-refractivity contribution in [2.24, 2.45) is 5.73 Å². The number of thiophene rings is 1. The van der Waals surface area contributed by atoms with Gasteiger partial charge in [-0.3, -0.25) is 0 Å². The van der Waals surface area contributed by atoms with Crippen molar-refractivity contribution in [3.63, 3.8) is 0 Å². The van der Waals surface area contributed by atoms with Gasteiger partial charge in [-0.15, -0.1) is 12.4 Å². The summed E-state index contributed by atoms with van der Waals surface area (Å²) < 4.78 is 0. The van der Waals surface area contributed by atoms with Crippen LogP contribution in [0.3, 0.4) is 0 Å². The van der Waals surface area contributed by atoms with E-state index in [1.807, 2.05) is 16.8 Å². The van der Waals surface area contributed by atoms with Gasteiger partial charge in [0, 0.05) is 11.6 Å². The van der Waals surface area contributed by atoms with Crippen LogP contribution < -0.4 is 5.73 Å². The molecule has 4 N–H and O–H groups in total. The number of halogens is 1. The van der Waals surface area contributed by atoms with E-state index in [2.05, 4.69) is 0 Å². The maximum absolute atomic E-state index is 9.62. The summed E-state index contributed by atoms with van der Waals surface area (Å²) in [7, 11) is 0. The molecule has 0 unspecified atom stereocenters. The predicted molar refractivity (Wildman–Crippen MR) is 67.4 cm³/mol. The molecule has 0 aliphatic heterocycles. The molecule has 1 atom stereocenters. The third-order valence-corrected chi connectivity index (χ3v) is 2.95. The Kier molecular flexibility index (Phi) is 4.18. The largest absolute Gasteiger partial charge is 0.508 e. The van der Waals surface area contributed by atoms with E-state index >= 15 is 0 Å². The zero-order chi connectivity index (χ0) is 10.8. The second kappa shape index (κ2) is 5.21. The van der Waals surface area contributed by atoms with Gasteiger partial charge in [-0.25, -0.2) is 0 Å². The van der Waals surface area contributed by atoms with E-state index < -0.39 is 0 Å². The minimum atomic E-state index is -0.350. The van der Waals surface area contributed by atoms with E-state index in [1.165, 1.54) is 12.1 Å². The maximum atomic E-state index is 9.62. The van der Waals surface area contributed by atoms with Crippen molar-refractivity contribution in [1.29, 1.82) is 0 Å². The van der Waals surface area contributed by atoms with Crippen LogP contribution in [0, 0.1) is 0 Å². The summed E-state index contributed by atoms with van der Waals surface area (Å²) in [5.74, 6) is 0.0578. The van der Waals surface area contributed by atoms with Gasteiger partial charge < -0.3 is 15.9 Å². The molecule has 3 nitrogen and oxygen atoms in total. The van der Waals surface area contributed by atoms with E-state index in [-0.39, 0.29) is 29.9 Å². The Morgan fingerprint density at radius 2 is 1.94 bits per heavy atom. The van der Waals surface area contributed by atoms with E-state index in [4.69, 9.17) is 10.8 Å². The van der Waals surface area contributed by atoms with Crippen LogP contribution in [-0.4, -0.2) is 10.2 Å². The first-order chi connectivity index (χ1) is 7.18. The molecular weight excluding hydrogens is 246 g/mol. The molecule has 0 aliphatic rings. The average molecular weight is 258 g/mol. The quantitative estimate of drug-likeness (QED) is 0.775. The lowest BCUT2D eigenvalue weighted by Crippen LogP contribution is -2.10. The van der Waals surface area contributed by atoms with E-state index in [9.17, 15) is 5.11 Å². The zero-order valence-electron chi connectivity index (χ0n) is 8.33. The molecular formula is C11H12ClNO2S. The molecule has 5 heteroatoms. The van der Waals surface area contributed by atoms with Crippen molar-refractivity contribution in [1.82, 2.24) is 0 Å². The number of rotatable bonds is 2. The lowest BCUT2D eigenvalue weighted by Gasteiger charge is -2.12. The number of phenolic OH excluding ortho intramolecular Hbond substituents is 2. The van der Waals surface area contributed by atoms with E-state index in [0.717, 1.165) is 5.56 Å². The lowest BCUT2D eigenvalue weighted by molar-refractivity contribution is 0.444. The minimum absolute atomic E-state index is 0. The molecule has 1 aromatic carbocycles. The summed E-state index contributed by atoms with van der Waals surface area (Å²) in [6, 6.07) is 6.01. The summed E-state index contributed by atoms with van der Waals surface area (Å²) in [6.07, 6.45) is 0. The second-order valence-corrected chi connectivity index (χ2v) is 4.06. The molecule has 0 amide bonds. The van der Waals surface area contributed by atoms with E-state index in [0.29, 0.717) is 5.56 Å². The van der Waals surface area contributed by atoms with Gasteiger partial charge in [0.1, 0.15) is 11.5 Å². The molecule has 0 saturated carbocycles. The van der Waals surface area contributed by atoms with Crippen molar-refractivity contribution in [3.8, 4) is 11.5 Å². The minimum Gasteiger partial charge on any atom is -0.508 e. The van der Waals surface area contributed by atoms with Crippen LogP contribution in [0.15, 0.2) is 35.0 Å². The standard InChI is InChI=1S/C11H11NO2S.ClH/c12-11(7-3-4-15-6-7)9-2-1-8(13)5-10(9)14;/h1-6,11,13-14H,12H2;1H/t11-;/m0./s1. The van der Waals surface area contributed by atoms with Gasteiger partial charge in [0.15, 0.2) is 0 Å². The third-order valence-electron chi connectivity index (χ3n) is 2.25. The lowest BCUT2D eigenvalue weighted by atomic mass is 10.0. The van der Waals surface area contributed by atoms with Crippen LogP contribution in [0.2, 0.25) is 0 Å². The first-order valence-electron chi connectivity index (χ1n) is 4.48. The molecule has 2 aromatic rings. The SMILES string of the molecule is Cl.N[C@@H](c1ccsc1)c1ccc(O)cc1O. The molecule has 0 fully saturated rings. The van der Waals surface area contributed by atoms with Crippen LogP contribution in [0.4, 0.5) is 0 Å². The van der Waals surface area contributed by atoms with Crippen LogP contribution >= 0.6 is 23.7 Å². The van der Waals surface area contributed by atoms with Crippen molar-refractivity contribution < 1.29 is 10.2 Å². The summed E-state index contributed by atoms with van der Waals surface area (Å²) in [5, 5.41) is 22.7. The summed E-state index contributed by atoms with van der Waals surface area (Å²) in [6.45, 7) is 0. The Balaban J connectivity index is 0.00000128. The zero-order valence-corrected chi connectivity index (χ0v) is 9.96. The Labute approximate surface area is 104 Å². The number of nitrogens with two attached hydrogens (primary N) is 1. The fourth-order valence-corrected chi connectivity index (χ4v) is 2.12. The summed E-state index contributed by atoms with van der Waals surface area (Å²) in [4.78, 5) is 0. The fourth-order valence-electron chi connectivity index (χ4n) is 1.43. The summed E-state index contributed by atoms with van der Waals surface area (Å²) in [5.41, 5.74) is 7.55.